The van der Waals surface area contributed by atoms with Gasteiger partial charge < -0.3 is 5.32 Å². The summed E-state index contributed by atoms with van der Waals surface area (Å²) < 4.78 is 0. The van der Waals surface area contributed by atoms with Crippen molar-refractivity contribution >= 4 is 0 Å². The summed E-state index contributed by atoms with van der Waals surface area (Å²) >= 11 is 0. The Bertz CT molecular complexity index is 166. The van der Waals surface area contributed by atoms with Crippen LogP contribution in [0, 0.1) is 11.8 Å². The molecule has 1 N–H and O–H groups in total. The molecule has 2 rings (SSSR count). The standard InChI is InChI=1S/C14H27N/c1-15-14(11-10-12-8-9-12)13-6-4-2-3-5-7-13/h12-15H,2-11H2,1H3. The van der Waals surface area contributed by atoms with Crippen molar-refractivity contribution < 1.29 is 0 Å². The van der Waals surface area contributed by atoms with Crippen LogP contribution in [0.4, 0.5) is 0 Å². The maximum Gasteiger partial charge on any atom is 0.00924 e. The average molecular weight is 209 g/mol. The molecule has 2 fully saturated rings. The predicted molar refractivity (Wildman–Crippen MR) is 66.0 cm³/mol. The first-order valence-electron chi connectivity index (χ1n) is 7.07. The molecule has 0 aromatic rings. The minimum Gasteiger partial charge on any atom is -0.317 e. The molecular formula is C14H27N. The Morgan fingerprint density at radius 1 is 1.00 bits per heavy atom. The molecule has 0 radical (unpaired) electrons. The SMILES string of the molecule is CNC(CCC1CC1)C1CCCCCC1. The van der Waals surface area contributed by atoms with Gasteiger partial charge in [0.1, 0.15) is 0 Å². The molecule has 2 saturated carbocycles. The van der Waals surface area contributed by atoms with Gasteiger partial charge in [0.15, 0.2) is 0 Å². The van der Waals surface area contributed by atoms with E-state index in [0.29, 0.717) is 0 Å². The van der Waals surface area contributed by atoms with Crippen molar-refractivity contribution in [3.05, 3.63) is 0 Å². The van der Waals surface area contributed by atoms with Gasteiger partial charge in [-0.05, 0) is 44.6 Å². The van der Waals surface area contributed by atoms with Crippen LogP contribution in [0.1, 0.15) is 64.2 Å². The largest absolute Gasteiger partial charge is 0.317 e. The Kier molecular flexibility index (Phi) is 4.49. The van der Waals surface area contributed by atoms with E-state index in [2.05, 4.69) is 12.4 Å². The van der Waals surface area contributed by atoms with Gasteiger partial charge >= 0.3 is 0 Å². The van der Waals surface area contributed by atoms with Gasteiger partial charge in [-0.15, -0.1) is 0 Å². The molecule has 0 spiro atoms. The lowest BCUT2D eigenvalue weighted by molar-refractivity contribution is 0.310. The Hall–Kier alpha value is -0.0400. The third-order valence-electron chi connectivity index (χ3n) is 4.42. The van der Waals surface area contributed by atoms with E-state index in [1.807, 2.05) is 0 Å². The van der Waals surface area contributed by atoms with Crippen LogP contribution in [0.25, 0.3) is 0 Å². The lowest BCUT2D eigenvalue weighted by Crippen LogP contribution is -2.33. The minimum absolute atomic E-state index is 0.823. The van der Waals surface area contributed by atoms with E-state index in [-0.39, 0.29) is 0 Å². The molecule has 0 saturated heterocycles. The lowest BCUT2D eigenvalue weighted by atomic mass is 9.88. The summed E-state index contributed by atoms with van der Waals surface area (Å²) in [6.45, 7) is 0. The van der Waals surface area contributed by atoms with E-state index in [1.54, 1.807) is 0 Å². The summed E-state index contributed by atoms with van der Waals surface area (Å²) in [5, 5.41) is 3.58. The fraction of sp³-hybridized carbons (Fsp3) is 1.00. The van der Waals surface area contributed by atoms with Gasteiger partial charge in [0.2, 0.25) is 0 Å². The highest BCUT2D eigenvalue weighted by Crippen LogP contribution is 2.35. The van der Waals surface area contributed by atoms with Crippen molar-refractivity contribution in [3.8, 4) is 0 Å². The average Bonchev–Trinajstić information content (AvgIpc) is 3.05. The van der Waals surface area contributed by atoms with Gasteiger partial charge in [0.25, 0.3) is 0 Å². The second kappa shape index (κ2) is 5.89. The molecule has 1 heteroatoms. The molecule has 0 heterocycles. The summed E-state index contributed by atoms with van der Waals surface area (Å²) in [6.07, 6.45) is 14.8. The Morgan fingerprint density at radius 3 is 2.20 bits per heavy atom. The van der Waals surface area contributed by atoms with E-state index < -0.39 is 0 Å². The number of hydrogen-bond acceptors (Lipinski definition) is 1. The van der Waals surface area contributed by atoms with E-state index in [4.69, 9.17) is 0 Å². The molecule has 0 aromatic heterocycles. The van der Waals surface area contributed by atoms with Crippen molar-refractivity contribution in [3.63, 3.8) is 0 Å². The zero-order chi connectivity index (χ0) is 10.5. The highest BCUT2D eigenvalue weighted by atomic mass is 14.9. The topological polar surface area (TPSA) is 12.0 Å². The van der Waals surface area contributed by atoms with Gasteiger partial charge in [-0.25, -0.2) is 0 Å². The second-order valence-electron chi connectivity index (χ2n) is 5.67. The zero-order valence-corrected chi connectivity index (χ0v) is 10.3. The Morgan fingerprint density at radius 2 is 1.67 bits per heavy atom. The number of hydrogen-bond donors (Lipinski definition) is 1. The van der Waals surface area contributed by atoms with Crippen molar-refractivity contribution in [1.29, 1.82) is 0 Å². The highest BCUT2D eigenvalue weighted by molar-refractivity contribution is 4.81. The van der Waals surface area contributed by atoms with E-state index >= 15 is 0 Å². The number of rotatable bonds is 5. The van der Waals surface area contributed by atoms with E-state index in [1.165, 1.54) is 64.2 Å². The van der Waals surface area contributed by atoms with Gasteiger partial charge in [-0.1, -0.05) is 38.5 Å². The summed E-state index contributed by atoms with van der Waals surface area (Å²) in [5.74, 6) is 2.09. The maximum atomic E-state index is 3.58. The molecule has 1 atom stereocenters. The fourth-order valence-electron chi connectivity index (χ4n) is 3.15. The van der Waals surface area contributed by atoms with Crippen molar-refractivity contribution in [2.24, 2.45) is 11.8 Å². The quantitative estimate of drug-likeness (QED) is 0.680. The molecule has 0 aromatic carbocycles. The van der Waals surface area contributed by atoms with E-state index in [0.717, 1.165) is 17.9 Å². The van der Waals surface area contributed by atoms with Crippen LogP contribution < -0.4 is 5.32 Å². The Balaban J connectivity index is 1.74. The van der Waals surface area contributed by atoms with Gasteiger partial charge in [-0.3, -0.25) is 0 Å². The molecule has 2 aliphatic rings. The summed E-state index contributed by atoms with van der Waals surface area (Å²) in [4.78, 5) is 0. The van der Waals surface area contributed by atoms with Crippen LogP contribution in [0.3, 0.4) is 0 Å². The maximum absolute atomic E-state index is 3.58. The van der Waals surface area contributed by atoms with Gasteiger partial charge in [-0.2, -0.15) is 0 Å². The first-order valence-corrected chi connectivity index (χ1v) is 7.07. The van der Waals surface area contributed by atoms with Crippen LogP contribution >= 0.6 is 0 Å². The zero-order valence-electron chi connectivity index (χ0n) is 10.3. The molecule has 0 aliphatic heterocycles. The molecule has 15 heavy (non-hydrogen) atoms. The van der Waals surface area contributed by atoms with Crippen LogP contribution in [0.5, 0.6) is 0 Å². The smallest absolute Gasteiger partial charge is 0.00924 e. The molecule has 0 bridgehead atoms. The first-order chi connectivity index (χ1) is 7.40. The van der Waals surface area contributed by atoms with Crippen LogP contribution in [-0.2, 0) is 0 Å². The van der Waals surface area contributed by atoms with Crippen LogP contribution in [-0.4, -0.2) is 13.1 Å². The first kappa shape index (κ1) is 11.4. The van der Waals surface area contributed by atoms with E-state index in [9.17, 15) is 0 Å². The molecule has 2 aliphatic carbocycles. The highest BCUT2D eigenvalue weighted by Gasteiger charge is 2.25. The summed E-state index contributed by atoms with van der Waals surface area (Å²) in [6, 6.07) is 0.823. The number of nitrogens with one attached hydrogen (secondary N) is 1. The molecule has 0 amide bonds. The molecule has 1 nitrogen and oxygen atoms in total. The predicted octanol–water partition coefficient (Wildman–Crippen LogP) is 3.74. The third kappa shape index (κ3) is 3.79. The van der Waals surface area contributed by atoms with Gasteiger partial charge in [0, 0.05) is 6.04 Å². The normalized spacial score (nSPS) is 26.2. The molecule has 88 valence electrons. The van der Waals surface area contributed by atoms with Crippen molar-refractivity contribution in [1.82, 2.24) is 5.32 Å². The fourth-order valence-corrected chi connectivity index (χ4v) is 3.15. The Labute approximate surface area is 95.0 Å². The van der Waals surface area contributed by atoms with Crippen molar-refractivity contribution in [2.45, 2.75) is 70.3 Å². The van der Waals surface area contributed by atoms with Crippen LogP contribution in [0.2, 0.25) is 0 Å². The third-order valence-corrected chi connectivity index (χ3v) is 4.42. The van der Waals surface area contributed by atoms with Crippen molar-refractivity contribution in [2.75, 3.05) is 7.05 Å². The molecule has 1 unspecified atom stereocenters. The summed E-state index contributed by atoms with van der Waals surface area (Å²) in [5.41, 5.74) is 0. The summed E-state index contributed by atoms with van der Waals surface area (Å²) in [7, 11) is 2.17. The van der Waals surface area contributed by atoms with Gasteiger partial charge in [0.05, 0.1) is 0 Å². The minimum atomic E-state index is 0.823. The lowest BCUT2D eigenvalue weighted by Gasteiger charge is -2.25. The second-order valence-corrected chi connectivity index (χ2v) is 5.67. The monoisotopic (exact) mass is 209 g/mol. The molecular weight excluding hydrogens is 182 g/mol. The van der Waals surface area contributed by atoms with Crippen LogP contribution in [0.15, 0.2) is 0 Å².